The van der Waals surface area contributed by atoms with Gasteiger partial charge in [-0.05, 0) is 33.6 Å². The summed E-state index contributed by atoms with van der Waals surface area (Å²) in [5, 5.41) is 1.18. The molecular weight excluding hydrogens is 296 g/mol. The van der Waals surface area contributed by atoms with Crippen molar-refractivity contribution in [1.29, 1.82) is 0 Å². The van der Waals surface area contributed by atoms with Crippen LogP contribution in [0, 0.1) is 13.8 Å². The molecule has 2 unspecified atom stereocenters. The number of imidazole rings is 1. The van der Waals surface area contributed by atoms with Crippen molar-refractivity contribution < 1.29 is 4.79 Å². The molecule has 0 spiro atoms. The summed E-state index contributed by atoms with van der Waals surface area (Å²) in [5.74, 6) is 0.554. The van der Waals surface area contributed by atoms with Gasteiger partial charge in [0.15, 0.2) is 0 Å². The highest BCUT2D eigenvalue weighted by molar-refractivity contribution is 7.11. The fraction of sp³-hybridized carbons (Fsp3) is 0.562. The maximum Gasteiger partial charge on any atom is 0.245 e. The molecule has 1 aliphatic rings. The average molecular weight is 318 g/mol. The minimum absolute atomic E-state index is 0.174. The molecule has 5 nitrogen and oxygen atoms in total. The molecule has 2 aromatic rings. The molecule has 2 aromatic heterocycles. The van der Waals surface area contributed by atoms with Gasteiger partial charge in [-0.1, -0.05) is 0 Å². The SMILES string of the molecule is Cc1nc(C2CCCN(C(=O)C(C)n3ccnc3)C2)sc1C. The molecule has 3 heterocycles. The molecule has 3 rings (SSSR count). The van der Waals surface area contributed by atoms with E-state index in [1.165, 1.54) is 9.88 Å². The summed E-state index contributed by atoms with van der Waals surface area (Å²) in [5.41, 5.74) is 1.12. The molecule has 0 N–H and O–H groups in total. The molecule has 0 aromatic carbocycles. The van der Waals surface area contributed by atoms with E-state index in [0.29, 0.717) is 5.92 Å². The van der Waals surface area contributed by atoms with E-state index in [-0.39, 0.29) is 11.9 Å². The van der Waals surface area contributed by atoms with Crippen LogP contribution < -0.4 is 0 Å². The van der Waals surface area contributed by atoms with Crippen LogP contribution in [-0.2, 0) is 4.79 Å². The van der Waals surface area contributed by atoms with Crippen LogP contribution in [0.15, 0.2) is 18.7 Å². The number of carbonyl (C=O) groups excluding carboxylic acids is 1. The van der Waals surface area contributed by atoms with Crippen LogP contribution in [0.1, 0.15) is 47.3 Å². The molecule has 1 fully saturated rings. The van der Waals surface area contributed by atoms with E-state index in [0.717, 1.165) is 31.6 Å². The Labute approximate surface area is 135 Å². The highest BCUT2D eigenvalue weighted by Crippen LogP contribution is 2.32. The van der Waals surface area contributed by atoms with Crippen molar-refractivity contribution in [3.8, 4) is 0 Å². The van der Waals surface area contributed by atoms with Crippen molar-refractivity contribution in [3.05, 3.63) is 34.3 Å². The van der Waals surface area contributed by atoms with Crippen LogP contribution in [0.4, 0.5) is 0 Å². The predicted octanol–water partition coefficient (Wildman–Crippen LogP) is 2.92. The van der Waals surface area contributed by atoms with Crippen LogP contribution in [0.3, 0.4) is 0 Å². The van der Waals surface area contributed by atoms with Crippen molar-refractivity contribution in [2.24, 2.45) is 0 Å². The average Bonchev–Trinajstić information content (AvgIpc) is 3.17. The van der Waals surface area contributed by atoms with Gasteiger partial charge in [0.1, 0.15) is 6.04 Å². The molecule has 0 bridgehead atoms. The van der Waals surface area contributed by atoms with Gasteiger partial charge in [-0.25, -0.2) is 9.97 Å². The largest absolute Gasteiger partial charge is 0.340 e. The first kappa shape index (κ1) is 15.2. The molecule has 1 saturated heterocycles. The second-order valence-corrected chi connectivity index (χ2v) is 7.24. The van der Waals surface area contributed by atoms with Gasteiger partial charge in [0, 0.05) is 36.3 Å². The first-order valence-corrected chi connectivity index (χ1v) is 8.58. The van der Waals surface area contributed by atoms with Crippen molar-refractivity contribution >= 4 is 17.2 Å². The first-order valence-electron chi connectivity index (χ1n) is 7.76. The number of likely N-dealkylation sites (tertiary alicyclic amines) is 1. The zero-order valence-corrected chi connectivity index (χ0v) is 14.1. The third kappa shape index (κ3) is 2.92. The Balaban J connectivity index is 1.71. The highest BCUT2D eigenvalue weighted by Gasteiger charge is 2.29. The lowest BCUT2D eigenvalue weighted by molar-refractivity contribution is -0.135. The molecule has 22 heavy (non-hydrogen) atoms. The number of piperidine rings is 1. The summed E-state index contributed by atoms with van der Waals surface area (Å²) in [6, 6.07) is -0.194. The van der Waals surface area contributed by atoms with Gasteiger partial charge in [0.05, 0.1) is 17.0 Å². The van der Waals surface area contributed by atoms with Crippen LogP contribution in [0.2, 0.25) is 0 Å². The quantitative estimate of drug-likeness (QED) is 0.874. The minimum atomic E-state index is -0.194. The number of aryl methyl sites for hydroxylation is 2. The first-order chi connectivity index (χ1) is 10.6. The number of thiazole rings is 1. The van der Waals surface area contributed by atoms with E-state index in [2.05, 4.69) is 23.8 Å². The van der Waals surface area contributed by atoms with E-state index < -0.39 is 0 Å². The van der Waals surface area contributed by atoms with Crippen molar-refractivity contribution in [1.82, 2.24) is 19.4 Å². The fourth-order valence-electron chi connectivity index (χ4n) is 2.94. The second-order valence-electron chi connectivity index (χ2n) is 6.00. The molecule has 118 valence electrons. The number of hydrogen-bond donors (Lipinski definition) is 0. The zero-order valence-electron chi connectivity index (χ0n) is 13.3. The van der Waals surface area contributed by atoms with Crippen molar-refractivity contribution in [2.45, 2.75) is 45.6 Å². The standard InChI is InChI=1S/C16H22N4OS/c1-11-13(3)22-15(18-11)14-5-4-7-19(9-14)16(21)12(2)20-8-6-17-10-20/h6,8,10,12,14H,4-5,7,9H2,1-3H3. The van der Waals surface area contributed by atoms with E-state index >= 15 is 0 Å². The number of amides is 1. The van der Waals surface area contributed by atoms with Crippen molar-refractivity contribution in [3.63, 3.8) is 0 Å². The van der Waals surface area contributed by atoms with Gasteiger partial charge in [-0.3, -0.25) is 4.79 Å². The molecule has 1 aliphatic heterocycles. The lowest BCUT2D eigenvalue weighted by Crippen LogP contribution is -2.42. The molecule has 0 aliphatic carbocycles. The number of hydrogen-bond acceptors (Lipinski definition) is 4. The van der Waals surface area contributed by atoms with Gasteiger partial charge < -0.3 is 9.47 Å². The number of rotatable bonds is 3. The lowest BCUT2D eigenvalue weighted by Gasteiger charge is -2.33. The van der Waals surface area contributed by atoms with Gasteiger partial charge in [-0.15, -0.1) is 11.3 Å². The summed E-state index contributed by atoms with van der Waals surface area (Å²) < 4.78 is 1.86. The molecule has 1 amide bonds. The predicted molar refractivity (Wildman–Crippen MR) is 87.1 cm³/mol. The third-order valence-corrected chi connectivity index (χ3v) is 5.69. The summed E-state index contributed by atoms with van der Waals surface area (Å²) in [6.45, 7) is 7.73. The second kappa shape index (κ2) is 6.20. The Kier molecular flexibility index (Phi) is 4.29. The van der Waals surface area contributed by atoms with Crippen LogP contribution >= 0.6 is 11.3 Å². The van der Waals surface area contributed by atoms with E-state index in [1.54, 1.807) is 23.9 Å². The number of carbonyl (C=O) groups is 1. The van der Waals surface area contributed by atoms with Crippen LogP contribution in [0.5, 0.6) is 0 Å². The summed E-state index contributed by atoms with van der Waals surface area (Å²) in [4.78, 5) is 24.7. The normalized spacial score (nSPS) is 20.1. The minimum Gasteiger partial charge on any atom is -0.340 e. The highest BCUT2D eigenvalue weighted by atomic mass is 32.1. The van der Waals surface area contributed by atoms with Crippen LogP contribution in [0.25, 0.3) is 0 Å². The lowest BCUT2D eigenvalue weighted by atomic mass is 9.98. The van der Waals surface area contributed by atoms with Gasteiger partial charge in [-0.2, -0.15) is 0 Å². The molecule has 2 atom stereocenters. The van der Waals surface area contributed by atoms with E-state index in [4.69, 9.17) is 0 Å². The zero-order chi connectivity index (χ0) is 15.7. The Morgan fingerprint density at radius 3 is 2.91 bits per heavy atom. The Morgan fingerprint density at radius 2 is 2.27 bits per heavy atom. The molecule has 6 heteroatoms. The van der Waals surface area contributed by atoms with Crippen molar-refractivity contribution in [2.75, 3.05) is 13.1 Å². The van der Waals surface area contributed by atoms with E-state index in [1.807, 2.05) is 22.6 Å². The summed E-state index contributed by atoms with van der Waals surface area (Å²) in [7, 11) is 0. The topological polar surface area (TPSA) is 51.0 Å². The maximum absolute atomic E-state index is 12.7. The summed E-state index contributed by atoms with van der Waals surface area (Å²) >= 11 is 1.78. The molecular formula is C16H22N4OS. The van der Waals surface area contributed by atoms with Gasteiger partial charge >= 0.3 is 0 Å². The van der Waals surface area contributed by atoms with Gasteiger partial charge in [0.25, 0.3) is 0 Å². The third-order valence-electron chi connectivity index (χ3n) is 4.46. The van der Waals surface area contributed by atoms with Crippen LogP contribution in [-0.4, -0.2) is 38.4 Å². The number of nitrogens with zero attached hydrogens (tertiary/aromatic N) is 4. The van der Waals surface area contributed by atoms with E-state index in [9.17, 15) is 4.79 Å². The Hall–Kier alpha value is -1.69. The molecule has 0 saturated carbocycles. The smallest absolute Gasteiger partial charge is 0.245 e. The molecule has 0 radical (unpaired) electrons. The van der Waals surface area contributed by atoms with Gasteiger partial charge in [0.2, 0.25) is 5.91 Å². The monoisotopic (exact) mass is 318 g/mol. The number of aromatic nitrogens is 3. The maximum atomic E-state index is 12.7. The Bertz CT molecular complexity index is 630. The fourth-order valence-corrected chi connectivity index (χ4v) is 3.99. The Morgan fingerprint density at radius 1 is 1.45 bits per heavy atom. The summed E-state index contributed by atoms with van der Waals surface area (Å²) in [6.07, 6.45) is 7.43.